The number of nitrogens with one attached hydrogen (secondary N) is 1. The zero-order chi connectivity index (χ0) is 15.0. The van der Waals surface area contributed by atoms with Crippen LogP contribution in [0.15, 0.2) is 30.3 Å². The molecule has 1 rings (SSSR count). The average molecular weight is 274 g/mol. The van der Waals surface area contributed by atoms with Crippen LogP contribution in [-0.2, 0) is 14.4 Å². The third-order valence-corrected chi connectivity index (χ3v) is 2.76. The van der Waals surface area contributed by atoms with Crippen LogP contribution in [-0.4, -0.2) is 36.6 Å². The topological polar surface area (TPSA) is 66.5 Å². The minimum atomic E-state index is -0.491. The summed E-state index contributed by atoms with van der Waals surface area (Å²) >= 11 is 0. The first-order valence-corrected chi connectivity index (χ1v) is 6.36. The van der Waals surface area contributed by atoms with Crippen LogP contribution in [0.3, 0.4) is 0 Å². The first-order chi connectivity index (χ1) is 9.63. The number of amides is 2. The molecule has 2 amide bonds. The number of anilines is 1. The largest absolute Gasteiger partial charge is 0.388 e. The molecule has 106 valence electrons. The van der Waals surface area contributed by atoms with Crippen LogP contribution < -0.4 is 5.32 Å². The van der Waals surface area contributed by atoms with Crippen LogP contribution in [0.5, 0.6) is 0 Å². The first-order valence-electron chi connectivity index (χ1n) is 6.36. The van der Waals surface area contributed by atoms with Gasteiger partial charge in [-0.15, -0.1) is 0 Å². The Kier molecular flexibility index (Phi) is 6.16. The van der Waals surface area contributed by atoms with Crippen molar-refractivity contribution >= 4 is 29.9 Å². The minimum Gasteiger partial charge on any atom is -0.388 e. The van der Waals surface area contributed by atoms with E-state index in [9.17, 15) is 14.4 Å². The van der Waals surface area contributed by atoms with E-state index in [2.05, 4.69) is 5.32 Å². The lowest BCUT2D eigenvalue weighted by Crippen LogP contribution is -2.36. The first kappa shape index (κ1) is 15.6. The van der Waals surface area contributed by atoms with E-state index in [1.165, 1.54) is 6.08 Å². The van der Waals surface area contributed by atoms with Gasteiger partial charge in [-0.1, -0.05) is 25.1 Å². The molecule has 0 radical (unpaired) electrons. The fourth-order valence-electron chi connectivity index (χ4n) is 1.70. The zero-order valence-corrected chi connectivity index (χ0v) is 11.6. The van der Waals surface area contributed by atoms with Gasteiger partial charge < -0.3 is 10.1 Å². The van der Waals surface area contributed by atoms with Crippen molar-refractivity contribution in [2.24, 2.45) is 0 Å². The fourth-order valence-corrected chi connectivity index (χ4v) is 1.70. The molecule has 1 N–H and O–H groups in total. The number of hydrogen-bond donors (Lipinski definition) is 1. The quantitative estimate of drug-likeness (QED) is 0.633. The number of imide groups is 1. The summed E-state index contributed by atoms with van der Waals surface area (Å²) in [6.45, 7) is 1.43. The van der Waals surface area contributed by atoms with Gasteiger partial charge in [-0.05, 0) is 17.7 Å². The van der Waals surface area contributed by atoms with E-state index in [0.29, 0.717) is 6.29 Å². The fraction of sp³-hybridized carbons (Fsp3) is 0.267. The van der Waals surface area contributed by atoms with Crippen molar-refractivity contribution in [1.29, 1.82) is 0 Å². The van der Waals surface area contributed by atoms with Crippen LogP contribution in [0.1, 0.15) is 18.9 Å². The maximum atomic E-state index is 11.9. The molecule has 1 aromatic rings. The molecular weight excluding hydrogens is 256 g/mol. The Morgan fingerprint density at radius 3 is 2.60 bits per heavy atom. The Bertz CT molecular complexity index is 524. The minimum absolute atomic E-state index is 0.181. The Morgan fingerprint density at radius 2 is 2.00 bits per heavy atom. The molecule has 5 heteroatoms. The van der Waals surface area contributed by atoms with Crippen molar-refractivity contribution in [2.45, 2.75) is 13.3 Å². The van der Waals surface area contributed by atoms with Gasteiger partial charge in [0.05, 0.1) is 6.54 Å². The molecule has 0 spiro atoms. The number of hydrogen-bond acceptors (Lipinski definition) is 4. The molecule has 0 aliphatic carbocycles. The molecule has 0 aromatic heterocycles. The van der Waals surface area contributed by atoms with Crippen molar-refractivity contribution < 1.29 is 14.4 Å². The number of rotatable bonds is 6. The van der Waals surface area contributed by atoms with E-state index in [1.807, 2.05) is 24.3 Å². The normalized spacial score (nSPS) is 10.3. The summed E-state index contributed by atoms with van der Waals surface area (Å²) in [5, 5.41) is 3.01. The van der Waals surface area contributed by atoms with E-state index in [1.54, 1.807) is 20.0 Å². The zero-order valence-electron chi connectivity index (χ0n) is 11.6. The maximum Gasteiger partial charge on any atom is 0.253 e. The molecule has 0 bridgehead atoms. The van der Waals surface area contributed by atoms with E-state index in [4.69, 9.17) is 0 Å². The standard InChI is InChI=1S/C15H18N2O3/c1-3-14(19)17(10-11-18)15(20)9-8-12-6-4-5-7-13(12)16-2/h4-9,11,16H,3,10H2,1-2H3/b9-8+. The summed E-state index contributed by atoms with van der Waals surface area (Å²) in [5.74, 6) is -0.858. The van der Waals surface area contributed by atoms with Crippen molar-refractivity contribution in [2.75, 3.05) is 18.9 Å². The molecule has 0 atom stereocenters. The number of aldehydes is 1. The molecule has 5 nitrogen and oxygen atoms in total. The molecule has 0 aliphatic rings. The molecule has 1 aromatic carbocycles. The molecule has 0 saturated carbocycles. The second-order valence-electron chi connectivity index (χ2n) is 4.03. The van der Waals surface area contributed by atoms with Crippen LogP contribution in [0.4, 0.5) is 5.69 Å². The lowest BCUT2D eigenvalue weighted by atomic mass is 10.1. The number of para-hydroxylation sites is 1. The smallest absolute Gasteiger partial charge is 0.253 e. The van der Waals surface area contributed by atoms with Gasteiger partial charge >= 0.3 is 0 Å². The number of benzene rings is 1. The van der Waals surface area contributed by atoms with Gasteiger partial charge in [0.15, 0.2) is 0 Å². The van der Waals surface area contributed by atoms with Crippen molar-refractivity contribution in [1.82, 2.24) is 4.90 Å². The van der Waals surface area contributed by atoms with Crippen LogP contribution in [0, 0.1) is 0 Å². The Hall–Kier alpha value is -2.43. The lowest BCUT2D eigenvalue weighted by Gasteiger charge is -2.15. The van der Waals surface area contributed by atoms with Gasteiger partial charge in [0.1, 0.15) is 6.29 Å². The second-order valence-corrected chi connectivity index (χ2v) is 4.03. The van der Waals surface area contributed by atoms with Crippen LogP contribution in [0.25, 0.3) is 6.08 Å². The summed E-state index contributed by atoms with van der Waals surface area (Å²) in [5.41, 5.74) is 1.71. The van der Waals surface area contributed by atoms with Gasteiger partial charge in [-0.25, -0.2) is 0 Å². The van der Waals surface area contributed by atoms with E-state index >= 15 is 0 Å². The number of carbonyl (C=O) groups is 3. The molecule has 0 unspecified atom stereocenters. The van der Waals surface area contributed by atoms with Crippen molar-refractivity contribution in [3.05, 3.63) is 35.9 Å². The number of nitrogens with zero attached hydrogens (tertiary/aromatic N) is 1. The molecule has 0 saturated heterocycles. The molecule has 0 heterocycles. The Balaban J connectivity index is 2.89. The Labute approximate surface area is 118 Å². The average Bonchev–Trinajstić information content (AvgIpc) is 2.49. The highest BCUT2D eigenvalue weighted by molar-refractivity contribution is 6.04. The highest BCUT2D eigenvalue weighted by atomic mass is 16.2. The van der Waals surface area contributed by atoms with Crippen LogP contribution in [0.2, 0.25) is 0 Å². The summed E-state index contributed by atoms with van der Waals surface area (Å²) in [4.78, 5) is 35.0. The highest BCUT2D eigenvalue weighted by Crippen LogP contribution is 2.15. The van der Waals surface area contributed by atoms with E-state index in [-0.39, 0.29) is 18.9 Å². The van der Waals surface area contributed by atoms with Gasteiger partial charge in [-0.3, -0.25) is 14.5 Å². The summed E-state index contributed by atoms with van der Waals surface area (Å²) in [6.07, 6.45) is 3.64. The van der Waals surface area contributed by atoms with Crippen molar-refractivity contribution in [3.63, 3.8) is 0 Å². The molecule has 0 aliphatic heterocycles. The van der Waals surface area contributed by atoms with Crippen molar-refractivity contribution in [3.8, 4) is 0 Å². The third-order valence-electron chi connectivity index (χ3n) is 2.76. The van der Waals surface area contributed by atoms with Gasteiger partial charge in [0.2, 0.25) is 5.91 Å². The Morgan fingerprint density at radius 1 is 1.30 bits per heavy atom. The van der Waals surface area contributed by atoms with E-state index in [0.717, 1.165) is 16.2 Å². The second kappa shape index (κ2) is 7.89. The number of carbonyl (C=O) groups excluding carboxylic acids is 3. The summed E-state index contributed by atoms with van der Waals surface area (Å²) < 4.78 is 0. The monoisotopic (exact) mass is 274 g/mol. The summed E-state index contributed by atoms with van der Waals surface area (Å²) in [7, 11) is 1.79. The molecule has 0 fully saturated rings. The van der Waals surface area contributed by atoms with Gasteiger partial charge in [0.25, 0.3) is 5.91 Å². The van der Waals surface area contributed by atoms with Gasteiger partial charge in [0, 0.05) is 25.2 Å². The lowest BCUT2D eigenvalue weighted by molar-refractivity contribution is -0.143. The SMILES string of the molecule is CCC(=O)N(CC=O)C(=O)/C=C/c1ccccc1NC. The van der Waals surface area contributed by atoms with Crippen LogP contribution >= 0.6 is 0 Å². The highest BCUT2D eigenvalue weighted by Gasteiger charge is 2.16. The summed E-state index contributed by atoms with van der Waals surface area (Å²) in [6, 6.07) is 7.46. The van der Waals surface area contributed by atoms with E-state index < -0.39 is 5.91 Å². The maximum absolute atomic E-state index is 11.9. The third kappa shape index (κ3) is 4.05. The molecular formula is C15H18N2O3. The predicted molar refractivity (Wildman–Crippen MR) is 78.1 cm³/mol. The molecule has 20 heavy (non-hydrogen) atoms. The predicted octanol–water partition coefficient (Wildman–Crippen LogP) is 1.71. The van der Waals surface area contributed by atoms with Gasteiger partial charge in [-0.2, -0.15) is 0 Å².